The maximum Gasteiger partial charge on any atom is 0.320 e. The molecule has 18 heavy (non-hydrogen) atoms. The molecule has 0 aromatic carbocycles. The molecule has 0 aliphatic carbocycles. The van der Waals surface area contributed by atoms with Crippen LogP contribution in [-0.4, -0.2) is 53.2 Å². The molecule has 98 valence electrons. The Hall–Kier alpha value is -1.62. The van der Waals surface area contributed by atoms with E-state index in [1.54, 1.807) is 6.20 Å². The van der Waals surface area contributed by atoms with E-state index in [0.717, 1.165) is 32.0 Å². The maximum atomic E-state index is 11.1. The summed E-state index contributed by atoms with van der Waals surface area (Å²) in [6, 6.07) is 5.51. The fourth-order valence-electron chi connectivity index (χ4n) is 2.39. The zero-order valence-corrected chi connectivity index (χ0v) is 10.6. The summed E-state index contributed by atoms with van der Waals surface area (Å²) in [5, 5.41) is 9.14. The minimum atomic E-state index is -0.719. The van der Waals surface area contributed by atoms with E-state index < -0.39 is 5.97 Å². The minimum absolute atomic E-state index is 0.351. The van der Waals surface area contributed by atoms with Gasteiger partial charge in [-0.2, -0.15) is 0 Å². The van der Waals surface area contributed by atoms with Crippen molar-refractivity contribution in [3.63, 3.8) is 0 Å². The van der Waals surface area contributed by atoms with Crippen LogP contribution in [0, 0.1) is 0 Å². The van der Waals surface area contributed by atoms with Crippen LogP contribution in [0.3, 0.4) is 0 Å². The predicted molar refractivity (Wildman–Crippen MR) is 69.7 cm³/mol. The van der Waals surface area contributed by atoms with Gasteiger partial charge in [-0.3, -0.25) is 9.69 Å². The van der Waals surface area contributed by atoms with E-state index in [0.29, 0.717) is 6.42 Å². The fraction of sp³-hybridized carbons (Fsp3) is 0.538. The Morgan fingerprint density at radius 2 is 2.11 bits per heavy atom. The molecule has 2 heterocycles. The van der Waals surface area contributed by atoms with Crippen LogP contribution in [0.1, 0.15) is 13.3 Å². The first-order chi connectivity index (χ1) is 8.72. The summed E-state index contributed by atoms with van der Waals surface area (Å²) in [7, 11) is 0. The van der Waals surface area contributed by atoms with Gasteiger partial charge in [-0.05, 0) is 18.6 Å². The van der Waals surface area contributed by atoms with E-state index in [4.69, 9.17) is 5.11 Å². The van der Waals surface area contributed by atoms with Crippen molar-refractivity contribution in [2.24, 2.45) is 0 Å². The van der Waals surface area contributed by atoms with Crippen molar-refractivity contribution in [1.82, 2.24) is 9.88 Å². The minimum Gasteiger partial charge on any atom is -0.480 e. The second-order valence-corrected chi connectivity index (χ2v) is 4.47. The SMILES string of the molecule is CC[C@H](C(=O)O)N1CCN(c2ccccn2)CC1. The fourth-order valence-corrected chi connectivity index (χ4v) is 2.39. The van der Waals surface area contributed by atoms with Crippen molar-refractivity contribution in [1.29, 1.82) is 0 Å². The first-order valence-electron chi connectivity index (χ1n) is 6.35. The van der Waals surface area contributed by atoms with Gasteiger partial charge in [-0.15, -0.1) is 0 Å². The molecule has 1 aliphatic heterocycles. The maximum absolute atomic E-state index is 11.1. The predicted octanol–water partition coefficient (Wildman–Crippen LogP) is 1.07. The highest BCUT2D eigenvalue weighted by Crippen LogP contribution is 2.15. The van der Waals surface area contributed by atoms with Gasteiger partial charge in [0.2, 0.25) is 0 Å². The molecule has 1 atom stereocenters. The summed E-state index contributed by atoms with van der Waals surface area (Å²) >= 11 is 0. The highest BCUT2D eigenvalue weighted by Gasteiger charge is 2.27. The summed E-state index contributed by atoms with van der Waals surface area (Å²) < 4.78 is 0. The summed E-state index contributed by atoms with van der Waals surface area (Å²) in [4.78, 5) is 19.7. The molecule has 0 unspecified atom stereocenters. The number of anilines is 1. The van der Waals surface area contributed by atoms with Gasteiger partial charge in [0.1, 0.15) is 11.9 Å². The highest BCUT2D eigenvalue weighted by molar-refractivity contribution is 5.73. The summed E-state index contributed by atoms with van der Waals surface area (Å²) in [5.41, 5.74) is 0. The van der Waals surface area contributed by atoms with Gasteiger partial charge >= 0.3 is 5.97 Å². The molecule has 0 saturated carbocycles. The third-order valence-corrected chi connectivity index (χ3v) is 3.40. The summed E-state index contributed by atoms with van der Waals surface area (Å²) in [6.07, 6.45) is 2.44. The van der Waals surface area contributed by atoms with Crippen molar-refractivity contribution in [2.75, 3.05) is 31.1 Å². The zero-order chi connectivity index (χ0) is 13.0. The molecule has 1 aromatic heterocycles. The molecule has 1 N–H and O–H groups in total. The molecule has 5 heteroatoms. The average molecular weight is 249 g/mol. The van der Waals surface area contributed by atoms with Crippen molar-refractivity contribution in [3.05, 3.63) is 24.4 Å². The topological polar surface area (TPSA) is 56.7 Å². The number of carboxylic acid groups (broad SMARTS) is 1. The normalized spacial score (nSPS) is 18.6. The van der Waals surface area contributed by atoms with Crippen molar-refractivity contribution in [2.45, 2.75) is 19.4 Å². The largest absolute Gasteiger partial charge is 0.480 e. The molecule has 0 radical (unpaired) electrons. The molecule has 1 fully saturated rings. The lowest BCUT2D eigenvalue weighted by Gasteiger charge is -2.37. The number of rotatable bonds is 4. The number of pyridine rings is 1. The molecule has 0 spiro atoms. The second kappa shape index (κ2) is 5.82. The molecule has 0 amide bonds. The van der Waals surface area contributed by atoms with Crippen molar-refractivity contribution >= 4 is 11.8 Å². The number of aromatic nitrogens is 1. The van der Waals surface area contributed by atoms with Crippen LogP contribution >= 0.6 is 0 Å². The molecule has 2 rings (SSSR count). The summed E-state index contributed by atoms with van der Waals surface area (Å²) in [5.74, 6) is 0.254. The second-order valence-electron chi connectivity index (χ2n) is 4.47. The van der Waals surface area contributed by atoms with Crippen LogP contribution in [0.15, 0.2) is 24.4 Å². The molecule has 1 aromatic rings. The van der Waals surface area contributed by atoms with Gasteiger partial charge in [0, 0.05) is 32.4 Å². The molecule has 1 saturated heterocycles. The van der Waals surface area contributed by atoms with Crippen LogP contribution < -0.4 is 4.90 Å². The monoisotopic (exact) mass is 249 g/mol. The lowest BCUT2D eigenvalue weighted by atomic mass is 10.1. The van der Waals surface area contributed by atoms with E-state index in [1.165, 1.54) is 0 Å². The molecule has 0 bridgehead atoms. The van der Waals surface area contributed by atoms with Crippen LogP contribution in [0.5, 0.6) is 0 Å². The van der Waals surface area contributed by atoms with Gasteiger partial charge in [-0.25, -0.2) is 4.98 Å². The average Bonchev–Trinajstić information content (AvgIpc) is 2.41. The first-order valence-corrected chi connectivity index (χ1v) is 6.35. The number of hydrogen-bond acceptors (Lipinski definition) is 4. The Kier molecular flexibility index (Phi) is 4.15. The van der Waals surface area contributed by atoms with Crippen LogP contribution in [0.4, 0.5) is 5.82 Å². The van der Waals surface area contributed by atoms with Gasteiger partial charge in [0.05, 0.1) is 0 Å². The number of nitrogens with zero attached hydrogens (tertiary/aromatic N) is 3. The number of hydrogen-bond donors (Lipinski definition) is 1. The quantitative estimate of drug-likeness (QED) is 0.865. The van der Waals surface area contributed by atoms with Gasteiger partial charge in [0.15, 0.2) is 0 Å². The standard InChI is InChI=1S/C13H19N3O2/c1-2-11(13(17)18)15-7-9-16(10-8-15)12-5-3-4-6-14-12/h3-6,11H,2,7-10H2,1H3,(H,17,18)/t11-/m1/s1. The Balaban J connectivity index is 1.94. The van der Waals surface area contributed by atoms with Crippen LogP contribution in [0.25, 0.3) is 0 Å². The lowest BCUT2D eigenvalue weighted by Crippen LogP contribution is -2.52. The Morgan fingerprint density at radius 3 is 2.61 bits per heavy atom. The van der Waals surface area contributed by atoms with Gasteiger partial charge < -0.3 is 10.0 Å². The Morgan fingerprint density at radius 1 is 1.39 bits per heavy atom. The third kappa shape index (κ3) is 2.79. The van der Waals surface area contributed by atoms with E-state index >= 15 is 0 Å². The number of aliphatic carboxylic acids is 1. The first kappa shape index (κ1) is 12.8. The summed E-state index contributed by atoms with van der Waals surface area (Å²) in [6.45, 7) is 5.15. The van der Waals surface area contributed by atoms with Gasteiger partial charge in [-0.1, -0.05) is 13.0 Å². The molecule has 1 aliphatic rings. The van der Waals surface area contributed by atoms with Gasteiger partial charge in [0.25, 0.3) is 0 Å². The van der Waals surface area contributed by atoms with E-state index in [2.05, 4.69) is 9.88 Å². The zero-order valence-electron chi connectivity index (χ0n) is 10.6. The van der Waals surface area contributed by atoms with Crippen LogP contribution in [-0.2, 0) is 4.79 Å². The number of carboxylic acids is 1. The highest BCUT2D eigenvalue weighted by atomic mass is 16.4. The molecular formula is C13H19N3O2. The Bertz CT molecular complexity index is 388. The van der Waals surface area contributed by atoms with E-state index in [1.807, 2.05) is 30.0 Å². The lowest BCUT2D eigenvalue weighted by molar-refractivity contribution is -0.143. The molecule has 5 nitrogen and oxygen atoms in total. The van der Waals surface area contributed by atoms with Crippen molar-refractivity contribution < 1.29 is 9.90 Å². The number of carbonyl (C=O) groups is 1. The van der Waals surface area contributed by atoms with E-state index in [-0.39, 0.29) is 6.04 Å². The molecular weight excluding hydrogens is 230 g/mol. The van der Waals surface area contributed by atoms with Crippen molar-refractivity contribution in [3.8, 4) is 0 Å². The Labute approximate surface area is 107 Å². The van der Waals surface area contributed by atoms with E-state index in [9.17, 15) is 4.79 Å². The van der Waals surface area contributed by atoms with Crippen LogP contribution in [0.2, 0.25) is 0 Å². The number of piperazine rings is 1. The smallest absolute Gasteiger partial charge is 0.320 e. The third-order valence-electron chi connectivity index (χ3n) is 3.40.